The average Bonchev–Trinajstić information content (AvgIpc) is 3.58. The Labute approximate surface area is 161 Å². The molecule has 2 N–H and O–H groups in total. The minimum atomic E-state index is -0.827. The number of nitrogens with zero attached hydrogens (tertiary/aromatic N) is 3. The summed E-state index contributed by atoms with van der Waals surface area (Å²) in [4.78, 5) is 23.3. The molecule has 1 heterocycles. The predicted molar refractivity (Wildman–Crippen MR) is 101 cm³/mol. The van der Waals surface area contributed by atoms with E-state index in [2.05, 4.69) is 32.2 Å². The SMILES string of the molecule is O=C(CSc1nnc(C2CC2)n1Cc1ccccc1)NCC1(C(=O)O)CC1. The Hall–Kier alpha value is -2.35. The standard InChI is InChI=1S/C19H22N4O3S/c24-15(20-12-19(8-9-19)17(25)26)11-27-18-22-21-16(14-6-7-14)23(18)10-13-4-2-1-3-5-13/h1-5,14H,6-12H2,(H,20,24)(H,25,26). The van der Waals surface area contributed by atoms with E-state index in [4.69, 9.17) is 0 Å². The van der Waals surface area contributed by atoms with Crippen molar-refractivity contribution in [1.29, 1.82) is 0 Å². The molecular weight excluding hydrogens is 364 g/mol. The van der Waals surface area contributed by atoms with Crippen molar-refractivity contribution < 1.29 is 14.7 Å². The molecule has 1 amide bonds. The molecule has 8 heteroatoms. The summed E-state index contributed by atoms with van der Waals surface area (Å²) in [6, 6.07) is 10.1. The van der Waals surface area contributed by atoms with Gasteiger partial charge in [0, 0.05) is 12.5 Å². The van der Waals surface area contributed by atoms with Gasteiger partial charge in [-0.05, 0) is 31.2 Å². The number of carbonyl (C=O) groups excluding carboxylic acids is 1. The number of carboxylic acids is 1. The van der Waals surface area contributed by atoms with Crippen molar-refractivity contribution in [3.63, 3.8) is 0 Å². The van der Waals surface area contributed by atoms with Crippen LogP contribution in [0.15, 0.2) is 35.5 Å². The number of thioether (sulfide) groups is 1. The Bertz CT molecular complexity index is 844. The largest absolute Gasteiger partial charge is 0.481 e. The number of benzene rings is 1. The Morgan fingerprint density at radius 1 is 1.22 bits per heavy atom. The fourth-order valence-electron chi connectivity index (χ4n) is 3.03. The van der Waals surface area contributed by atoms with Crippen LogP contribution in [0.25, 0.3) is 0 Å². The highest BCUT2D eigenvalue weighted by Crippen LogP contribution is 2.45. The third-order valence-corrected chi connectivity index (χ3v) is 6.10. The van der Waals surface area contributed by atoms with Gasteiger partial charge in [0.1, 0.15) is 5.82 Å². The van der Waals surface area contributed by atoms with Crippen molar-refractivity contribution in [3.8, 4) is 0 Å². The first-order valence-corrected chi connectivity index (χ1v) is 10.2. The van der Waals surface area contributed by atoms with E-state index in [0.717, 1.165) is 23.8 Å². The minimum Gasteiger partial charge on any atom is -0.481 e. The number of nitrogens with one attached hydrogen (secondary N) is 1. The van der Waals surface area contributed by atoms with E-state index >= 15 is 0 Å². The minimum absolute atomic E-state index is 0.172. The molecule has 2 saturated carbocycles. The quantitative estimate of drug-likeness (QED) is 0.642. The van der Waals surface area contributed by atoms with E-state index in [1.54, 1.807) is 0 Å². The van der Waals surface area contributed by atoms with Gasteiger partial charge in [-0.1, -0.05) is 42.1 Å². The second-order valence-corrected chi connectivity index (χ2v) is 8.28. The van der Waals surface area contributed by atoms with Crippen molar-refractivity contribution in [3.05, 3.63) is 41.7 Å². The maximum atomic E-state index is 12.2. The Balaban J connectivity index is 1.38. The van der Waals surface area contributed by atoms with Gasteiger partial charge in [0.2, 0.25) is 5.91 Å². The van der Waals surface area contributed by atoms with Crippen molar-refractivity contribution in [2.75, 3.05) is 12.3 Å². The number of hydrogen-bond donors (Lipinski definition) is 2. The van der Waals surface area contributed by atoms with Crippen molar-refractivity contribution >= 4 is 23.6 Å². The van der Waals surface area contributed by atoms with Gasteiger partial charge >= 0.3 is 5.97 Å². The smallest absolute Gasteiger partial charge is 0.311 e. The number of hydrogen-bond acceptors (Lipinski definition) is 5. The van der Waals surface area contributed by atoms with Crippen LogP contribution in [-0.4, -0.2) is 44.0 Å². The average molecular weight is 386 g/mol. The number of aliphatic carboxylic acids is 1. The third kappa shape index (κ3) is 4.16. The lowest BCUT2D eigenvalue weighted by Gasteiger charge is -2.12. The fraction of sp³-hybridized carbons (Fsp3) is 0.474. The molecule has 0 unspecified atom stereocenters. The number of rotatable bonds is 9. The molecule has 2 fully saturated rings. The molecule has 0 radical (unpaired) electrons. The van der Waals surface area contributed by atoms with Crippen molar-refractivity contribution in [2.45, 2.75) is 43.3 Å². The highest BCUT2D eigenvalue weighted by atomic mass is 32.2. The molecule has 0 spiro atoms. The van der Waals surface area contributed by atoms with Crippen LogP contribution in [0, 0.1) is 5.41 Å². The second-order valence-electron chi connectivity index (χ2n) is 7.34. The summed E-state index contributed by atoms with van der Waals surface area (Å²) in [5, 5.41) is 21.3. The number of aromatic nitrogens is 3. The Morgan fingerprint density at radius 3 is 2.59 bits per heavy atom. The van der Waals surface area contributed by atoms with Crippen LogP contribution >= 0.6 is 11.8 Å². The molecule has 2 aliphatic carbocycles. The molecule has 1 aromatic carbocycles. The van der Waals surface area contributed by atoms with Crippen LogP contribution in [-0.2, 0) is 16.1 Å². The zero-order chi connectivity index (χ0) is 18.9. The van der Waals surface area contributed by atoms with Gasteiger partial charge in [-0.25, -0.2) is 0 Å². The van der Waals surface area contributed by atoms with Crippen LogP contribution < -0.4 is 5.32 Å². The first-order valence-electron chi connectivity index (χ1n) is 9.17. The van der Waals surface area contributed by atoms with Gasteiger partial charge in [0.25, 0.3) is 0 Å². The molecule has 142 valence electrons. The van der Waals surface area contributed by atoms with E-state index in [9.17, 15) is 14.7 Å². The molecule has 27 heavy (non-hydrogen) atoms. The number of amides is 1. The summed E-state index contributed by atoms with van der Waals surface area (Å²) in [6.45, 7) is 0.886. The maximum absolute atomic E-state index is 12.2. The summed E-state index contributed by atoms with van der Waals surface area (Å²) in [7, 11) is 0. The zero-order valence-corrected chi connectivity index (χ0v) is 15.7. The van der Waals surface area contributed by atoms with E-state index in [1.807, 2.05) is 18.2 Å². The molecule has 0 saturated heterocycles. The topological polar surface area (TPSA) is 97.1 Å². The first-order chi connectivity index (χ1) is 13.1. The molecule has 0 aliphatic heterocycles. The van der Waals surface area contributed by atoms with Gasteiger partial charge in [-0.15, -0.1) is 10.2 Å². The van der Waals surface area contributed by atoms with Crippen molar-refractivity contribution in [2.24, 2.45) is 5.41 Å². The first kappa shape index (κ1) is 18.0. The molecule has 1 aromatic heterocycles. The number of carboxylic acid groups (broad SMARTS) is 1. The van der Waals surface area contributed by atoms with Gasteiger partial charge in [-0.2, -0.15) is 0 Å². The van der Waals surface area contributed by atoms with Gasteiger partial charge in [-0.3, -0.25) is 9.59 Å². The van der Waals surface area contributed by atoms with Crippen LogP contribution in [0.4, 0.5) is 0 Å². The summed E-state index contributed by atoms with van der Waals surface area (Å²) in [6.07, 6.45) is 3.53. The normalized spacial score (nSPS) is 17.5. The Kier molecular flexibility index (Phi) is 4.90. The predicted octanol–water partition coefficient (Wildman–Crippen LogP) is 2.28. The maximum Gasteiger partial charge on any atom is 0.311 e. The molecular formula is C19H22N4O3S. The van der Waals surface area contributed by atoms with Gasteiger partial charge in [0.05, 0.1) is 17.7 Å². The lowest BCUT2D eigenvalue weighted by atomic mass is 10.1. The molecule has 7 nitrogen and oxygen atoms in total. The zero-order valence-electron chi connectivity index (χ0n) is 14.9. The Morgan fingerprint density at radius 2 is 1.96 bits per heavy atom. The fourth-order valence-corrected chi connectivity index (χ4v) is 3.81. The summed E-state index contributed by atoms with van der Waals surface area (Å²) >= 11 is 1.35. The molecule has 4 rings (SSSR count). The van der Waals surface area contributed by atoms with E-state index < -0.39 is 11.4 Å². The van der Waals surface area contributed by atoms with E-state index in [0.29, 0.717) is 25.3 Å². The van der Waals surface area contributed by atoms with Crippen LogP contribution in [0.5, 0.6) is 0 Å². The van der Waals surface area contributed by atoms with Crippen LogP contribution in [0.1, 0.15) is 43.0 Å². The van der Waals surface area contributed by atoms with Crippen LogP contribution in [0.2, 0.25) is 0 Å². The van der Waals surface area contributed by atoms with Gasteiger partial charge in [0.15, 0.2) is 5.16 Å². The van der Waals surface area contributed by atoms with E-state index in [-0.39, 0.29) is 18.2 Å². The third-order valence-electron chi connectivity index (χ3n) is 5.14. The lowest BCUT2D eigenvalue weighted by Crippen LogP contribution is -2.35. The molecule has 0 atom stereocenters. The van der Waals surface area contributed by atoms with E-state index in [1.165, 1.54) is 17.3 Å². The second kappa shape index (κ2) is 7.34. The van der Waals surface area contributed by atoms with Crippen molar-refractivity contribution in [1.82, 2.24) is 20.1 Å². The summed E-state index contributed by atoms with van der Waals surface area (Å²) < 4.78 is 2.10. The molecule has 2 aliphatic rings. The summed E-state index contributed by atoms with van der Waals surface area (Å²) in [5.41, 5.74) is 0.426. The monoisotopic (exact) mass is 386 g/mol. The highest BCUT2D eigenvalue weighted by molar-refractivity contribution is 7.99. The number of carbonyl (C=O) groups is 2. The molecule has 0 bridgehead atoms. The van der Waals surface area contributed by atoms with Gasteiger partial charge < -0.3 is 15.0 Å². The molecule has 2 aromatic rings. The highest BCUT2D eigenvalue weighted by Gasteiger charge is 2.50. The van der Waals surface area contributed by atoms with Crippen LogP contribution in [0.3, 0.4) is 0 Å². The summed E-state index contributed by atoms with van der Waals surface area (Å²) in [5.74, 6) is 0.661. The lowest BCUT2D eigenvalue weighted by molar-refractivity contribution is -0.143.